The molecule has 0 aromatic heterocycles. The largest absolute Gasteiger partial charge is 0.435 e. The number of alkyl halides is 6. The first-order valence-electron chi connectivity index (χ1n) is 14.2. The first kappa shape index (κ1) is 34.6. The third kappa shape index (κ3) is 9.36. The zero-order valence-corrected chi connectivity index (χ0v) is 24.6. The van der Waals surface area contributed by atoms with Gasteiger partial charge in [-0.25, -0.2) is 9.59 Å². The van der Waals surface area contributed by atoms with Crippen LogP contribution in [0, 0.1) is 0 Å². The number of halogens is 6. The Bertz CT molecular complexity index is 1670. The third-order valence-electron chi connectivity index (χ3n) is 7.40. The quantitative estimate of drug-likeness (QED) is 0.227. The maximum absolute atomic E-state index is 13.4. The molecular formula is C32H27F6N5O4. The SMILES string of the molecule is C=C=C=CN=C=C=NC(=O)[C@@H](Cc1cc(C(F)(F)F)cc(C(F)(F)F)c1)OC(=O)N1CCC(N2CCc3ccccc3NC2=O)CC1. The summed E-state index contributed by atoms with van der Waals surface area (Å²) in [7, 11) is 0. The van der Waals surface area contributed by atoms with Gasteiger partial charge in [-0.1, -0.05) is 23.9 Å². The van der Waals surface area contributed by atoms with Crippen LogP contribution < -0.4 is 5.32 Å². The molecule has 4 rings (SSSR count). The normalized spacial score (nSPS) is 15.7. The number of hydrogen-bond donors (Lipinski definition) is 1. The summed E-state index contributed by atoms with van der Waals surface area (Å²) in [6, 6.07) is 7.72. The molecule has 2 heterocycles. The Hall–Kier alpha value is -5.31. The zero-order chi connectivity index (χ0) is 34.2. The molecule has 246 valence electrons. The van der Waals surface area contributed by atoms with E-state index in [1.54, 1.807) is 11.0 Å². The lowest BCUT2D eigenvalue weighted by molar-refractivity contribution is -0.143. The van der Waals surface area contributed by atoms with Crippen molar-refractivity contribution in [2.24, 2.45) is 9.98 Å². The number of hydrogen-bond acceptors (Lipinski definition) is 5. The molecule has 1 atom stereocenters. The summed E-state index contributed by atoms with van der Waals surface area (Å²) in [5.74, 6) is 2.90. The highest BCUT2D eigenvalue weighted by Gasteiger charge is 2.38. The first-order valence-corrected chi connectivity index (χ1v) is 14.2. The van der Waals surface area contributed by atoms with Gasteiger partial charge in [0.25, 0.3) is 5.91 Å². The zero-order valence-electron chi connectivity index (χ0n) is 24.6. The number of rotatable bonds is 6. The van der Waals surface area contributed by atoms with Crippen LogP contribution >= 0.6 is 0 Å². The number of amides is 4. The number of carbonyl (C=O) groups is 3. The van der Waals surface area contributed by atoms with Gasteiger partial charge >= 0.3 is 24.5 Å². The summed E-state index contributed by atoms with van der Waals surface area (Å²) in [4.78, 5) is 48.8. The molecule has 0 bridgehead atoms. The maximum Gasteiger partial charge on any atom is 0.416 e. The molecule has 0 spiro atoms. The molecule has 2 aliphatic heterocycles. The van der Waals surface area contributed by atoms with E-state index in [0.717, 1.165) is 11.8 Å². The highest BCUT2D eigenvalue weighted by atomic mass is 19.4. The topological polar surface area (TPSA) is 104 Å². The Labute approximate surface area is 264 Å². The van der Waals surface area contributed by atoms with Crippen molar-refractivity contribution in [3.63, 3.8) is 0 Å². The summed E-state index contributed by atoms with van der Waals surface area (Å²) >= 11 is 0. The maximum atomic E-state index is 13.4. The minimum Gasteiger partial charge on any atom is -0.435 e. The van der Waals surface area contributed by atoms with Gasteiger partial charge < -0.3 is 19.9 Å². The van der Waals surface area contributed by atoms with Crippen LogP contribution in [0.1, 0.15) is 35.1 Å². The number of aliphatic imine (C=N–C) groups is 2. The van der Waals surface area contributed by atoms with Crippen molar-refractivity contribution in [1.29, 1.82) is 0 Å². The van der Waals surface area contributed by atoms with Gasteiger partial charge in [-0.3, -0.25) is 4.79 Å². The average Bonchev–Trinajstić information content (AvgIpc) is 3.19. The molecule has 1 fully saturated rings. The smallest absolute Gasteiger partial charge is 0.416 e. The highest BCUT2D eigenvalue weighted by Crippen LogP contribution is 2.37. The molecule has 2 aliphatic rings. The van der Waals surface area contributed by atoms with E-state index in [2.05, 4.69) is 39.2 Å². The molecule has 4 amide bonds. The number of anilines is 1. The van der Waals surface area contributed by atoms with Crippen LogP contribution in [-0.2, 0) is 34.7 Å². The van der Waals surface area contributed by atoms with E-state index in [-0.39, 0.29) is 31.2 Å². The average molecular weight is 660 g/mol. The van der Waals surface area contributed by atoms with Crippen LogP contribution in [0.3, 0.4) is 0 Å². The van der Waals surface area contributed by atoms with E-state index < -0.39 is 53.6 Å². The summed E-state index contributed by atoms with van der Waals surface area (Å²) in [5, 5.41) is 2.89. The van der Waals surface area contributed by atoms with E-state index in [1.807, 2.05) is 24.1 Å². The van der Waals surface area contributed by atoms with Crippen molar-refractivity contribution < 1.29 is 45.5 Å². The second-order valence-electron chi connectivity index (χ2n) is 10.5. The molecule has 47 heavy (non-hydrogen) atoms. The second-order valence-corrected chi connectivity index (χ2v) is 10.5. The van der Waals surface area contributed by atoms with Crippen molar-refractivity contribution in [3.8, 4) is 0 Å². The fourth-order valence-electron chi connectivity index (χ4n) is 5.12. The van der Waals surface area contributed by atoms with Gasteiger partial charge in [0, 0.05) is 37.8 Å². The molecule has 0 unspecified atom stereocenters. The molecule has 0 aliphatic carbocycles. The van der Waals surface area contributed by atoms with E-state index in [1.165, 1.54) is 4.90 Å². The Morgan fingerprint density at radius 2 is 1.68 bits per heavy atom. The van der Waals surface area contributed by atoms with Gasteiger partial charge in [-0.2, -0.15) is 36.3 Å². The van der Waals surface area contributed by atoms with Gasteiger partial charge in [-0.05, 0) is 67.0 Å². The number of piperidine rings is 1. The number of para-hydroxylation sites is 1. The molecule has 15 heteroatoms. The van der Waals surface area contributed by atoms with Crippen LogP contribution in [0.2, 0.25) is 0 Å². The van der Waals surface area contributed by atoms with Gasteiger partial charge in [0.2, 0.25) is 0 Å². The number of urea groups is 1. The van der Waals surface area contributed by atoms with Gasteiger partial charge in [-0.15, -0.1) is 0 Å². The van der Waals surface area contributed by atoms with Crippen molar-refractivity contribution >= 4 is 35.5 Å². The first-order chi connectivity index (χ1) is 22.3. The lowest BCUT2D eigenvalue weighted by Crippen LogP contribution is -2.50. The van der Waals surface area contributed by atoms with E-state index >= 15 is 0 Å². The van der Waals surface area contributed by atoms with E-state index in [4.69, 9.17) is 4.74 Å². The summed E-state index contributed by atoms with van der Waals surface area (Å²) < 4.78 is 86.0. The van der Waals surface area contributed by atoms with Crippen molar-refractivity contribution in [2.45, 2.75) is 50.2 Å². The van der Waals surface area contributed by atoms with Gasteiger partial charge in [0.15, 0.2) is 6.10 Å². The molecule has 1 N–H and O–H groups in total. The number of ether oxygens (including phenoxy) is 1. The fourth-order valence-corrected chi connectivity index (χ4v) is 5.12. The molecule has 1 saturated heterocycles. The Kier molecular flexibility index (Phi) is 10.9. The number of nitrogens with zero attached hydrogens (tertiary/aromatic N) is 4. The third-order valence-corrected chi connectivity index (χ3v) is 7.40. The number of nitrogens with one attached hydrogen (secondary N) is 1. The molecule has 2 aromatic rings. The van der Waals surface area contributed by atoms with E-state index in [9.17, 15) is 40.7 Å². The lowest BCUT2D eigenvalue weighted by Gasteiger charge is -2.37. The number of likely N-dealkylation sites (tertiary alicyclic amines) is 1. The molecule has 2 aromatic carbocycles. The predicted octanol–water partition coefficient (Wildman–Crippen LogP) is 6.20. The predicted molar refractivity (Wildman–Crippen MR) is 158 cm³/mol. The molecular weight excluding hydrogens is 632 g/mol. The minimum absolute atomic E-state index is 0.0533. The lowest BCUT2D eigenvalue weighted by atomic mass is 10.00. The van der Waals surface area contributed by atoms with Crippen LogP contribution in [0.15, 0.2) is 76.7 Å². The number of fused-ring (bicyclic) bond motifs is 1. The van der Waals surface area contributed by atoms with Crippen LogP contribution in [0.25, 0.3) is 0 Å². The number of carbonyl (C=O) groups excluding carboxylic acids is 3. The fraction of sp³-hybridized carbons (Fsp3) is 0.344. The highest BCUT2D eigenvalue weighted by molar-refractivity contribution is 5.97. The summed E-state index contributed by atoms with van der Waals surface area (Å²) in [6.07, 6.45) is -11.7. The summed E-state index contributed by atoms with van der Waals surface area (Å²) in [6.45, 7) is 3.90. The van der Waals surface area contributed by atoms with Crippen LogP contribution in [-0.4, -0.2) is 71.4 Å². The van der Waals surface area contributed by atoms with Gasteiger partial charge in [0.1, 0.15) is 0 Å². The van der Waals surface area contributed by atoms with Crippen molar-refractivity contribution in [1.82, 2.24) is 9.80 Å². The Morgan fingerprint density at radius 3 is 2.32 bits per heavy atom. The van der Waals surface area contributed by atoms with Crippen molar-refractivity contribution in [2.75, 3.05) is 25.0 Å². The van der Waals surface area contributed by atoms with Crippen molar-refractivity contribution in [3.05, 3.63) is 89.0 Å². The van der Waals surface area contributed by atoms with E-state index in [0.29, 0.717) is 43.6 Å². The minimum atomic E-state index is -5.13. The molecule has 9 nitrogen and oxygen atoms in total. The Morgan fingerprint density at radius 1 is 1.02 bits per heavy atom. The standard InChI is InChI=1S/C32H27F6N5O4/c1-2-3-11-39-12-13-40-28(44)27(19-21-17-23(31(33,34)35)20-24(18-21)32(36,37)38)47-30(46)42-14-9-25(10-15-42)43-16-8-22-6-4-5-7-26(22)41-29(43)45/h4-7,11,17-18,20,25,27H,1,8-10,14-16,19H2,(H,41,45)/t27-/m1/s1. The monoisotopic (exact) mass is 659 g/mol. The Balaban J connectivity index is 1.51. The van der Waals surface area contributed by atoms with Gasteiger partial charge in [0.05, 0.1) is 29.1 Å². The molecule has 0 radical (unpaired) electrons. The molecule has 0 saturated carbocycles. The second kappa shape index (κ2) is 14.9. The van der Waals surface area contributed by atoms with Crippen LogP contribution in [0.4, 0.5) is 41.6 Å². The number of benzene rings is 2. The summed E-state index contributed by atoms with van der Waals surface area (Å²) in [5.41, 5.74) is 2.56. The van der Waals surface area contributed by atoms with Crippen LogP contribution in [0.5, 0.6) is 0 Å².